The highest BCUT2D eigenvalue weighted by atomic mass is 32.2. The van der Waals surface area contributed by atoms with Crippen molar-refractivity contribution < 1.29 is 13.2 Å². The number of hydrogen-bond donors (Lipinski definition) is 1. The van der Waals surface area contributed by atoms with Crippen molar-refractivity contribution in [2.75, 3.05) is 26.0 Å². The molecule has 4 nitrogen and oxygen atoms in total. The molecule has 0 radical (unpaired) electrons. The van der Waals surface area contributed by atoms with E-state index in [2.05, 4.69) is 11.6 Å². The highest BCUT2D eigenvalue weighted by molar-refractivity contribution is 7.88. The molecule has 0 aromatic heterocycles. The Labute approximate surface area is 79.7 Å². The van der Waals surface area contributed by atoms with E-state index in [1.807, 2.05) is 0 Å². The summed E-state index contributed by atoms with van der Waals surface area (Å²) in [5.41, 5.74) is 0. The highest BCUT2D eigenvalue weighted by Gasteiger charge is 2.22. The molecule has 2 atom stereocenters. The Hall–Kier alpha value is -0.130. The second kappa shape index (κ2) is 4.39. The fraction of sp³-hybridized carbons (Fsp3) is 1.00. The van der Waals surface area contributed by atoms with E-state index < -0.39 is 10.0 Å². The minimum atomic E-state index is -3.04. The summed E-state index contributed by atoms with van der Waals surface area (Å²) in [6.45, 7) is 4.13. The van der Waals surface area contributed by atoms with Crippen LogP contribution in [0.25, 0.3) is 0 Å². The Morgan fingerprint density at radius 1 is 1.54 bits per heavy atom. The molecule has 78 valence electrons. The van der Waals surface area contributed by atoms with E-state index in [1.165, 1.54) is 6.26 Å². The van der Waals surface area contributed by atoms with Crippen LogP contribution in [0.1, 0.15) is 13.3 Å². The van der Waals surface area contributed by atoms with Gasteiger partial charge in [-0.2, -0.15) is 0 Å². The van der Waals surface area contributed by atoms with Gasteiger partial charge < -0.3 is 4.74 Å². The van der Waals surface area contributed by atoms with E-state index in [9.17, 15) is 8.42 Å². The van der Waals surface area contributed by atoms with E-state index in [-0.39, 0.29) is 0 Å². The van der Waals surface area contributed by atoms with Gasteiger partial charge in [-0.1, -0.05) is 6.92 Å². The van der Waals surface area contributed by atoms with Crippen LogP contribution in [-0.4, -0.2) is 34.4 Å². The van der Waals surface area contributed by atoms with Crippen molar-refractivity contribution in [2.24, 2.45) is 11.8 Å². The van der Waals surface area contributed by atoms with Crippen LogP contribution in [0.3, 0.4) is 0 Å². The van der Waals surface area contributed by atoms with Crippen molar-refractivity contribution in [1.29, 1.82) is 0 Å². The average Bonchev–Trinajstić information content (AvgIpc) is 2.01. The first-order valence-electron chi connectivity index (χ1n) is 4.51. The summed E-state index contributed by atoms with van der Waals surface area (Å²) in [4.78, 5) is 0. The molecule has 1 aliphatic heterocycles. The standard InChI is InChI=1S/C8H17NO3S/c1-7-6-12-4-3-8(7)5-9-13(2,10)11/h7-9H,3-6H2,1-2H3. The lowest BCUT2D eigenvalue weighted by atomic mass is 9.90. The predicted molar refractivity (Wildman–Crippen MR) is 50.9 cm³/mol. The number of hydrogen-bond acceptors (Lipinski definition) is 3. The second-order valence-electron chi connectivity index (χ2n) is 3.72. The molecule has 1 N–H and O–H groups in total. The van der Waals surface area contributed by atoms with E-state index in [1.54, 1.807) is 0 Å². The first-order chi connectivity index (χ1) is 5.99. The van der Waals surface area contributed by atoms with Crippen LogP contribution in [0.4, 0.5) is 0 Å². The van der Waals surface area contributed by atoms with Gasteiger partial charge in [-0.15, -0.1) is 0 Å². The van der Waals surface area contributed by atoms with Gasteiger partial charge >= 0.3 is 0 Å². The predicted octanol–water partition coefficient (Wildman–Crippen LogP) is 0.208. The summed E-state index contributed by atoms with van der Waals surface area (Å²) in [5.74, 6) is 0.867. The Morgan fingerprint density at radius 3 is 2.77 bits per heavy atom. The first kappa shape index (κ1) is 10.9. The van der Waals surface area contributed by atoms with Gasteiger partial charge in [0.15, 0.2) is 0 Å². The van der Waals surface area contributed by atoms with Crippen molar-refractivity contribution in [3.63, 3.8) is 0 Å². The number of sulfonamides is 1. The number of ether oxygens (including phenoxy) is 1. The molecule has 0 bridgehead atoms. The van der Waals surface area contributed by atoms with Crippen LogP contribution in [0.15, 0.2) is 0 Å². The molecule has 5 heteroatoms. The maximum atomic E-state index is 10.8. The van der Waals surface area contributed by atoms with Gasteiger partial charge in [0.05, 0.1) is 6.26 Å². The van der Waals surface area contributed by atoms with Gasteiger partial charge in [0, 0.05) is 19.8 Å². The lowest BCUT2D eigenvalue weighted by Gasteiger charge is -2.28. The third-order valence-corrected chi connectivity index (χ3v) is 3.12. The normalized spacial score (nSPS) is 30.3. The molecular formula is C8H17NO3S. The molecule has 0 spiro atoms. The molecule has 1 rings (SSSR count). The zero-order valence-corrected chi connectivity index (χ0v) is 8.93. The summed E-state index contributed by atoms with van der Waals surface area (Å²) in [6.07, 6.45) is 2.14. The summed E-state index contributed by atoms with van der Waals surface area (Å²) < 4.78 is 29.5. The maximum absolute atomic E-state index is 10.8. The molecule has 0 amide bonds. The van der Waals surface area contributed by atoms with Gasteiger partial charge in [-0.3, -0.25) is 0 Å². The molecular weight excluding hydrogens is 190 g/mol. The average molecular weight is 207 g/mol. The third kappa shape index (κ3) is 4.06. The SMILES string of the molecule is CC1COCCC1CNS(C)(=O)=O. The topological polar surface area (TPSA) is 55.4 Å². The molecule has 1 saturated heterocycles. The summed E-state index contributed by atoms with van der Waals surface area (Å²) in [6, 6.07) is 0. The summed E-state index contributed by atoms with van der Waals surface area (Å²) in [7, 11) is -3.04. The zero-order chi connectivity index (χ0) is 9.90. The fourth-order valence-electron chi connectivity index (χ4n) is 1.49. The number of nitrogens with one attached hydrogen (secondary N) is 1. The van der Waals surface area contributed by atoms with Crippen LogP contribution < -0.4 is 4.72 Å². The molecule has 1 aliphatic rings. The third-order valence-electron chi connectivity index (χ3n) is 2.43. The molecule has 0 aliphatic carbocycles. The van der Waals surface area contributed by atoms with Gasteiger partial charge in [0.2, 0.25) is 10.0 Å². The molecule has 13 heavy (non-hydrogen) atoms. The van der Waals surface area contributed by atoms with Crippen LogP contribution >= 0.6 is 0 Å². The minimum Gasteiger partial charge on any atom is -0.381 e. The van der Waals surface area contributed by atoms with Crippen molar-refractivity contribution in [3.8, 4) is 0 Å². The lowest BCUT2D eigenvalue weighted by molar-refractivity contribution is 0.0261. The molecule has 2 unspecified atom stereocenters. The van der Waals surface area contributed by atoms with Crippen molar-refractivity contribution >= 4 is 10.0 Å². The smallest absolute Gasteiger partial charge is 0.208 e. The maximum Gasteiger partial charge on any atom is 0.208 e. The van der Waals surface area contributed by atoms with Gasteiger partial charge in [-0.05, 0) is 18.3 Å². The van der Waals surface area contributed by atoms with Crippen molar-refractivity contribution in [1.82, 2.24) is 4.72 Å². The van der Waals surface area contributed by atoms with Crippen LogP contribution in [0.2, 0.25) is 0 Å². The van der Waals surface area contributed by atoms with Crippen molar-refractivity contribution in [2.45, 2.75) is 13.3 Å². The van der Waals surface area contributed by atoms with Gasteiger partial charge in [0.1, 0.15) is 0 Å². The quantitative estimate of drug-likeness (QED) is 0.719. The summed E-state index contributed by atoms with van der Waals surface area (Å²) in [5, 5.41) is 0. The Morgan fingerprint density at radius 2 is 2.23 bits per heavy atom. The lowest BCUT2D eigenvalue weighted by Crippen LogP contribution is -2.35. The highest BCUT2D eigenvalue weighted by Crippen LogP contribution is 2.20. The van der Waals surface area contributed by atoms with Gasteiger partial charge in [-0.25, -0.2) is 13.1 Å². The summed E-state index contributed by atoms with van der Waals surface area (Å²) >= 11 is 0. The fourth-order valence-corrected chi connectivity index (χ4v) is 2.00. The second-order valence-corrected chi connectivity index (χ2v) is 5.55. The van der Waals surface area contributed by atoms with Crippen LogP contribution in [0.5, 0.6) is 0 Å². The van der Waals surface area contributed by atoms with E-state index >= 15 is 0 Å². The van der Waals surface area contributed by atoms with E-state index in [4.69, 9.17) is 4.74 Å². The Bertz CT molecular complexity index is 250. The van der Waals surface area contributed by atoms with Gasteiger partial charge in [0.25, 0.3) is 0 Å². The zero-order valence-electron chi connectivity index (χ0n) is 8.12. The van der Waals surface area contributed by atoms with Crippen LogP contribution in [0, 0.1) is 11.8 Å². The van der Waals surface area contributed by atoms with Crippen LogP contribution in [-0.2, 0) is 14.8 Å². The molecule has 0 aromatic rings. The molecule has 1 fully saturated rings. The van der Waals surface area contributed by atoms with Crippen molar-refractivity contribution in [3.05, 3.63) is 0 Å². The van der Waals surface area contributed by atoms with E-state index in [0.29, 0.717) is 18.4 Å². The molecule has 0 saturated carbocycles. The molecule has 1 heterocycles. The Balaban J connectivity index is 2.35. The monoisotopic (exact) mass is 207 g/mol. The Kier molecular flexibility index (Phi) is 3.70. The first-order valence-corrected chi connectivity index (χ1v) is 6.40. The molecule has 0 aromatic carbocycles. The number of rotatable bonds is 3. The minimum absolute atomic E-state index is 0.420. The van der Waals surface area contributed by atoms with E-state index in [0.717, 1.165) is 19.6 Å². The largest absolute Gasteiger partial charge is 0.381 e.